The summed E-state index contributed by atoms with van der Waals surface area (Å²) in [4.78, 5) is 21.6. The molecule has 0 bridgehead atoms. The smallest absolute Gasteiger partial charge is 0.289 e. The van der Waals surface area contributed by atoms with Gasteiger partial charge in [0.25, 0.3) is 5.69 Å². The SMILES string of the molecule is CCCCNC(=O)CNc1ccc(Cl)c([N+](=O)[O-])c1. The normalized spacial score (nSPS) is 10.0. The van der Waals surface area contributed by atoms with Gasteiger partial charge in [-0.3, -0.25) is 14.9 Å². The van der Waals surface area contributed by atoms with Crippen LogP contribution < -0.4 is 10.6 Å². The number of carbonyl (C=O) groups is 1. The van der Waals surface area contributed by atoms with Gasteiger partial charge >= 0.3 is 0 Å². The van der Waals surface area contributed by atoms with E-state index in [-0.39, 0.29) is 23.2 Å². The summed E-state index contributed by atoms with van der Waals surface area (Å²) in [6, 6.07) is 4.33. The van der Waals surface area contributed by atoms with Gasteiger partial charge in [-0.15, -0.1) is 0 Å². The Hall–Kier alpha value is -1.82. The average molecular weight is 286 g/mol. The second-order valence-corrected chi connectivity index (χ2v) is 4.39. The molecule has 7 heteroatoms. The van der Waals surface area contributed by atoms with Crippen LogP contribution in [0.25, 0.3) is 0 Å². The lowest BCUT2D eigenvalue weighted by atomic mass is 10.3. The highest BCUT2D eigenvalue weighted by Gasteiger charge is 2.12. The van der Waals surface area contributed by atoms with E-state index in [0.717, 1.165) is 12.8 Å². The zero-order valence-corrected chi connectivity index (χ0v) is 11.4. The maximum absolute atomic E-state index is 11.4. The number of anilines is 1. The molecule has 0 aromatic heterocycles. The second-order valence-electron chi connectivity index (χ2n) is 3.98. The van der Waals surface area contributed by atoms with E-state index in [9.17, 15) is 14.9 Å². The van der Waals surface area contributed by atoms with Crippen molar-refractivity contribution in [1.82, 2.24) is 5.32 Å². The number of benzene rings is 1. The van der Waals surface area contributed by atoms with Crippen LogP contribution in [0.1, 0.15) is 19.8 Å². The number of hydrogen-bond acceptors (Lipinski definition) is 4. The van der Waals surface area contributed by atoms with E-state index in [4.69, 9.17) is 11.6 Å². The lowest BCUT2D eigenvalue weighted by Gasteiger charge is -2.07. The molecule has 0 saturated heterocycles. The molecule has 0 heterocycles. The fraction of sp³-hybridized carbons (Fsp3) is 0.417. The van der Waals surface area contributed by atoms with Crippen LogP contribution in [0.15, 0.2) is 18.2 Å². The van der Waals surface area contributed by atoms with E-state index >= 15 is 0 Å². The molecule has 0 atom stereocenters. The molecule has 104 valence electrons. The summed E-state index contributed by atoms with van der Waals surface area (Å²) in [6.07, 6.45) is 1.94. The van der Waals surface area contributed by atoms with Gasteiger partial charge in [0, 0.05) is 18.3 Å². The third-order valence-corrected chi connectivity index (χ3v) is 2.77. The number of nitrogens with zero attached hydrogens (tertiary/aromatic N) is 1. The lowest BCUT2D eigenvalue weighted by molar-refractivity contribution is -0.384. The van der Waals surface area contributed by atoms with Crippen molar-refractivity contribution in [2.24, 2.45) is 0 Å². The van der Waals surface area contributed by atoms with Crippen molar-refractivity contribution in [3.05, 3.63) is 33.3 Å². The van der Waals surface area contributed by atoms with E-state index in [0.29, 0.717) is 12.2 Å². The molecule has 1 aromatic rings. The number of carbonyl (C=O) groups excluding carboxylic acids is 1. The molecule has 1 amide bonds. The number of rotatable bonds is 7. The highest BCUT2D eigenvalue weighted by atomic mass is 35.5. The van der Waals surface area contributed by atoms with Crippen molar-refractivity contribution in [3.8, 4) is 0 Å². The van der Waals surface area contributed by atoms with Crippen LogP contribution in [-0.2, 0) is 4.79 Å². The highest BCUT2D eigenvalue weighted by Crippen LogP contribution is 2.27. The molecule has 0 saturated carbocycles. The Morgan fingerprint density at radius 2 is 2.21 bits per heavy atom. The van der Waals surface area contributed by atoms with Gasteiger partial charge in [-0.2, -0.15) is 0 Å². The van der Waals surface area contributed by atoms with E-state index in [1.54, 1.807) is 6.07 Å². The number of amides is 1. The van der Waals surface area contributed by atoms with Crippen LogP contribution in [0, 0.1) is 10.1 Å². The van der Waals surface area contributed by atoms with Gasteiger partial charge in [0.15, 0.2) is 0 Å². The Labute approximate surface area is 116 Å². The summed E-state index contributed by atoms with van der Waals surface area (Å²) in [5, 5.41) is 16.3. The zero-order chi connectivity index (χ0) is 14.3. The Morgan fingerprint density at radius 1 is 1.47 bits per heavy atom. The standard InChI is InChI=1S/C12H16ClN3O3/c1-2-3-6-14-12(17)8-15-9-4-5-10(13)11(7-9)16(18)19/h4-5,7,15H,2-3,6,8H2,1H3,(H,14,17). The van der Waals surface area contributed by atoms with E-state index in [2.05, 4.69) is 10.6 Å². The molecule has 2 N–H and O–H groups in total. The van der Waals surface area contributed by atoms with Crippen molar-refractivity contribution >= 4 is 28.9 Å². The largest absolute Gasteiger partial charge is 0.376 e. The first-order chi connectivity index (χ1) is 9.04. The Morgan fingerprint density at radius 3 is 2.84 bits per heavy atom. The van der Waals surface area contributed by atoms with Crippen LogP contribution >= 0.6 is 11.6 Å². The van der Waals surface area contributed by atoms with Crippen molar-refractivity contribution < 1.29 is 9.72 Å². The molecule has 0 unspecified atom stereocenters. The van der Waals surface area contributed by atoms with E-state index in [1.165, 1.54) is 12.1 Å². The Bertz CT molecular complexity index is 466. The number of nitro groups is 1. The molecular formula is C12H16ClN3O3. The molecule has 0 aliphatic carbocycles. The lowest BCUT2D eigenvalue weighted by Crippen LogP contribution is -2.30. The number of unbranched alkanes of at least 4 members (excludes halogenated alkanes) is 1. The van der Waals surface area contributed by atoms with Crippen molar-refractivity contribution in [2.75, 3.05) is 18.4 Å². The summed E-state index contributed by atoms with van der Waals surface area (Å²) in [5.41, 5.74) is 0.305. The van der Waals surface area contributed by atoms with Crippen molar-refractivity contribution in [3.63, 3.8) is 0 Å². The van der Waals surface area contributed by atoms with Gasteiger partial charge in [-0.05, 0) is 18.6 Å². The quantitative estimate of drug-likeness (QED) is 0.458. The zero-order valence-electron chi connectivity index (χ0n) is 10.6. The fourth-order valence-corrected chi connectivity index (χ4v) is 1.60. The van der Waals surface area contributed by atoms with Crippen LogP contribution in [-0.4, -0.2) is 23.9 Å². The second kappa shape index (κ2) is 7.58. The van der Waals surface area contributed by atoms with Crippen molar-refractivity contribution in [2.45, 2.75) is 19.8 Å². The van der Waals surface area contributed by atoms with Gasteiger partial charge in [0.2, 0.25) is 5.91 Å². The van der Waals surface area contributed by atoms with Gasteiger partial charge < -0.3 is 10.6 Å². The van der Waals surface area contributed by atoms with Gasteiger partial charge in [0.05, 0.1) is 11.5 Å². The third kappa shape index (κ3) is 5.13. The summed E-state index contributed by atoms with van der Waals surface area (Å²) in [7, 11) is 0. The molecule has 1 rings (SSSR count). The number of hydrogen-bond donors (Lipinski definition) is 2. The number of nitro benzene ring substituents is 1. The maximum Gasteiger partial charge on any atom is 0.289 e. The van der Waals surface area contributed by atoms with Gasteiger partial charge in [-0.25, -0.2) is 0 Å². The predicted octanol–water partition coefficient (Wildman–Crippen LogP) is 2.58. The molecule has 0 aliphatic rings. The van der Waals surface area contributed by atoms with Crippen LogP contribution in [0.5, 0.6) is 0 Å². The molecule has 0 radical (unpaired) electrons. The number of halogens is 1. The summed E-state index contributed by atoms with van der Waals surface area (Å²) in [5.74, 6) is -0.147. The minimum absolute atomic E-state index is 0.0719. The first kappa shape index (κ1) is 15.2. The third-order valence-electron chi connectivity index (χ3n) is 2.45. The topological polar surface area (TPSA) is 84.3 Å². The molecule has 6 nitrogen and oxygen atoms in total. The number of nitrogens with one attached hydrogen (secondary N) is 2. The predicted molar refractivity (Wildman–Crippen MR) is 74.5 cm³/mol. The van der Waals surface area contributed by atoms with Gasteiger partial charge in [-0.1, -0.05) is 24.9 Å². The minimum Gasteiger partial charge on any atom is -0.376 e. The summed E-state index contributed by atoms with van der Waals surface area (Å²) < 4.78 is 0. The maximum atomic E-state index is 11.4. The van der Waals surface area contributed by atoms with Crippen LogP contribution in [0.2, 0.25) is 5.02 Å². The van der Waals surface area contributed by atoms with Gasteiger partial charge in [0.1, 0.15) is 5.02 Å². The molecule has 0 fully saturated rings. The Balaban J connectivity index is 2.51. The molecule has 1 aromatic carbocycles. The highest BCUT2D eigenvalue weighted by molar-refractivity contribution is 6.32. The summed E-state index contributed by atoms with van der Waals surface area (Å²) >= 11 is 5.69. The summed E-state index contributed by atoms with van der Waals surface area (Å²) in [6.45, 7) is 2.75. The van der Waals surface area contributed by atoms with Crippen LogP contribution in [0.3, 0.4) is 0 Å². The molecule has 0 spiro atoms. The van der Waals surface area contributed by atoms with E-state index in [1.807, 2.05) is 6.92 Å². The minimum atomic E-state index is -0.561. The van der Waals surface area contributed by atoms with Crippen LogP contribution in [0.4, 0.5) is 11.4 Å². The average Bonchev–Trinajstić information content (AvgIpc) is 2.37. The fourth-order valence-electron chi connectivity index (χ4n) is 1.41. The first-order valence-electron chi connectivity index (χ1n) is 5.99. The monoisotopic (exact) mass is 285 g/mol. The molecule has 0 aliphatic heterocycles. The Kier molecular flexibility index (Phi) is 6.08. The molecule has 19 heavy (non-hydrogen) atoms. The van der Waals surface area contributed by atoms with Crippen molar-refractivity contribution in [1.29, 1.82) is 0 Å². The van der Waals surface area contributed by atoms with E-state index < -0.39 is 4.92 Å². The first-order valence-corrected chi connectivity index (χ1v) is 6.37. The molecular weight excluding hydrogens is 270 g/mol.